The van der Waals surface area contributed by atoms with Gasteiger partial charge in [-0.2, -0.15) is 13.2 Å². The normalized spacial score (nSPS) is 11.9. The zero-order chi connectivity index (χ0) is 11.9. The van der Waals surface area contributed by atoms with Crippen LogP contribution in [0.1, 0.15) is 5.56 Å². The van der Waals surface area contributed by atoms with E-state index in [0.29, 0.717) is 0 Å². The Kier molecular flexibility index (Phi) is 2.15. The van der Waals surface area contributed by atoms with Crippen molar-refractivity contribution >= 4 is 10.8 Å². The fraction of sp³-hybridized carbons (Fsp3) is 0.100. The molecule has 0 atom stereocenters. The van der Waals surface area contributed by atoms with Crippen LogP contribution < -0.4 is 5.63 Å². The molecule has 84 valence electrons. The summed E-state index contributed by atoms with van der Waals surface area (Å²) >= 11 is 0. The van der Waals surface area contributed by atoms with Crippen molar-refractivity contribution in [3.63, 3.8) is 0 Å². The van der Waals surface area contributed by atoms with E-state index in [1.54, 1.807) is 0 Å². The Balaban J connectivity index is 2.93. The Morgan fingerprint density at radius 1 is 1.25 bits per heavy atom. The predicted octanol–water partition coefficient (Wildman–Crippen LogP) is 2.52. The lowest BCUT2D eigenvalue weighted by Crippen LogP contribution is -2.07. The van der Waals surface area contributed by atoms with Crippen molar-refractivity contribution in [2.24, 2.45) is 0 Å². The predicted molar refractivity (Wildman–Crippen MR) is 49.2 cm³/mol. The number of hydrogen-bond acceptors (Lipinski definition) is 3. The van der Waals surface area contributed by atoms with Crippen LogP contribution in [-0.4, -0.2) is 5.11 Å². The monoisotopic (exact) mass is 230 g/mol. The van der Waals surface area contributed by atoms with Gasteiger partial charge < -0.3 is 9.52 Å². The molecule has 16 heavy (non-hydrogen) atoms. The quantitative estimate of drug-likeness (QED) is 0.756. The van der Waals surface area contributed by atoms with E-state index < -0.39 is 28.7 Å². The summed E-state index contributed by atoms with van der Waals surface area (Å²) in [7, 11) is 0. The van der Waals surface area contributed by atoms with Crippen molar-refractivity contribution in [1.82, 2.24) is 0 Å². The molecule has 0 aliphatic rings. The van der Waals surface area contributed by atoms with E-state index in [2.05, 4.69) is 4.42 Å². The first-order chi connectivity index (χ1) is 7.39. The summed E-state index contributed by atoms with van der Waals surface area (Å²) in [6, 6.07) is 4.15. The van der Waals surface area contributed by atoms with Crippen LogP contribution in [0.15, 0.2) is 33.5 Å². The molecule has 0 fully saturated rings. The third-order valence-corrected chi connectivity index (χ3v) is 2.09. The molecule has 1 aromatic heterocycles. The fourth-order valence-electron chi connectivity index (χ4n) is 1.47. The van der Waals surface area contributed by atoms with Crippen LogP contribution in [0.25, 0.3) is 10.8 Å². The summed E-state index contributed by atoms with van der Waals surface area (Å²) in [5.74, 6) is -1.02. The maximum Gasteiger partial charge on any atom is 0.417 e. The highest BCUT2D eigenvalue weighted by Crippen LogP contribution is 2.37. The minimum atomic E-state index is -4.61. The van der Waals surface area contributed by atoms with Gasteiger partial charge in [-0.1, -0.05) is 12.1 Å². The number of fused-ring (bicyclic) bond motifs is 1. The zero-order valence-corrected chi connectivity index (χ0v) is 7.71. The average molecular weight is 230 g/mol. The van der Waals surface area contributed by atoms with Gasteiger partial charge in [0.05, 0.1) is 10.9 Å². The lowest BCUT2D eigenvalue weighted by atomic mass is 10.1. The van der Waals surface area contributed by atoms with Crippen LogP contribution in [0.4, 0.5) is 13.2 Å². The summed E-state index contributed by atoms with van der Waals surface area (Å²) in [4.78, 5) is 10.9. The second-order valence-corrected chi connectivity index (χ2v) is 3.14. The average Bonchev–Trinajstić information content (AvgIpc) is 2.14. The van der Waals surface area contributed by atoms with Crippen molar-refractivity contribution < 1.29 is 22.7 Å². The molecule has 1 N–H and O–H groups in total. The zero-order valence-electron chi connectivity index (χ0n) is 7.71. The molecule has 0 bridgehead atoms. The third-order valence-electron chi connectivity index (χ3n) is 2.09. The molecule has 0 spiro atoms. The Labute approximate surface area is 86.7 Å². The first-order valence-corrected chi connectivity index (χ1v) is 4.22. The minimum Gasteiger partial charge on any atom is -0.480 e. The van der Waals surface area contributed by atoms with Crippen molar-refractivity contribution in [2.75, 3.05) is 0 Å². The van der Waals surface area contributed by atoms with Crippen LogP contribution >= 0.6 is 0 Å². The number of alkyl halides is 3. The van der Waals surface area contributed by atoms with Crippen molar-refractivity contribution in [3.05, 3.63) is 40.2 Å². The molecule has 0 saturated heterocycles. The topological polar surface area (TPSA) is 50.4 Å². The highest BCUT2D eigenvalue weighted by atomic mass is 19.4. The number of halogens is 3. The van der Waals surface area contributed by atoms with Crippen LogP contribution in [0, 0.1) is 0 Å². The molecule has 0 radical (unpaired) electrons. The summed E-state index contributed by atoms with van der Waals surface area (Å²) in [5, 5.41) is 8.71. The van der Waals surface area contributed by atoms with Crippen LogP contribution in [-0.2, 0) is 6.18 Å². The Morgan fingerprint density at radius 3 is 2.56 bits per heavy atom. The largest absolute Gasteiger partial charge is 0.480 e. The second-order valence-electron chi connectivity index (χ2n) is 3.14. The smallest absolute Gasteiger partial charge is 0.417 e. The van der Waals surface area contributed by atoms with E-state index in [4.69, 9.17) is 0 Å². The van der Waals surface area contributed by atoms with Crippen LogP contribution in [0.5, 0.6) is 5.95 Å². The lowest BCUT2D eigenvalue weighted by molar-refractivity contribution is -0.136. The highest BCUT2D eigenvalue weighted by Gasteiger charge is 2.34. The summed E-state index contributed by atoms with van der Waals surface area (Å²) in [6.07, 6.45) is -4.61. The molecule has 2 aromatic rings. The first kappa shape index (κ1) is 10.5. The van der Waals surface area contributed by atoms with Crippen molar-refractivity contribution in [3.8, 4) is 5.95 Å². The van der Waals surface area contributed by atoms with Crippen molar-refractivity contribution in [1.29, 1.82) is 0 Å². The molecule has 2 rings (SSSR count). The van der Waals surface area contributed by atoms with E-state index in [9.17, 15) is 23.1 Å². The Bertz CT molecular complexity index is 598. The summed E-state index contributed by atoms with van der Waals surface area (Å²) in [6.45, 7) is 0. The number of benzene rings is 1. The van der Waals surface area contributed by atoms with E-state index >= 15 is 0 Å². The van der Waals surface area contributed by atoms with Gasteiger partial charge in [0.25, 0.3) is 5.95 Å². The number of hydrogen-bond donors (Lipinski definition) is 1. The molecule has 0 aliphatic heterocycles. The second kappa shape index (κ2) is 3.26. The molecule has 1 heterocycles. The van der Waals surface area contributed by atoms with E-state index in [1.165, 1.54) is 6.07 Å². The minimum absolute atomic E-state index is 0.0106. The SMILES string of the molecule is O=c1cc2cccc(C(F)(F)F)c2c(O)o1. The van der Waals surface area contributed by atoms with Gasteiger partial charge in [0.2, 0.25) is 0 Å². The first-order valence-electron chi connectivity index (χ1n) is 4.22. The van der Waals surface area contributed by atoms with Crippen molar-refractivity contribution in [2.45, 2.75) is 6.18 Å². The van der Waals surface area contributed by atoms with Gasteiger partial charge >= 0.3 is 11.8 Å². The van der Waals surface area contributed by atoms with Gasteiger partial charge in [0.1, 0.15) is 0 Å². The maximum atomic E-state index is 12.6. The molecule has 0 saturated carbocycles. The van der Waals surface area contributed by atoms with Gasteiger partial charge in [-0.05, 0) is 11.5 Å². The molecular formula is C10H5F3O3. The number of rotatable bonds is 0. The molecule has 1 aromatic carbocycles. The van der Waals surface area contributed by atoms with E-state index in [-0.39, 0.29) is 5.39 Å². The molecular weight excluding hydrogens is 225 g/mol. The molecule has 0 unspecified atom stereocenters. The summed E-state index contributed by atoms with van der Waals surface area (Å²) < 4.78 is 41.9. The standard InChI is InChI=1S/C10H5F3O3/c11-10(12,13)6-3-1-2-5-4-7(14)16-9(15)8(5)6/h1-4,15H. The molecule has 6 heteroatoms. The Morgan fingerprint density at radius 2 is 1.94 bits per heavy atom. The molecule has 0 aliphatic carbocycles. The summed E-state index contributed by atoms with van der Waals surface area (Å²) in [5.41, 5.74) is -1.93. The third kappa shape index (κ3) is 1.62. The van der Waals surface area contributed by atoms with E-state index in [0.717, 1.165) is 18.2 Å². The van der Waals surface area contributed by atoms with Gasteiger partial charge in [0.15, 0.2) is 0 Å². The van der Waals surface area contributed by atoms with E-state index in [1.807, 2.05) is 0 Å². The highest BCUT2D eigenvalue weighted by molar-refractivity contribution is 5.89. The van der Waals surface area contributed by atoms with Gasteiger partial charge in [0, 0.05) is 6.07 Å². The number of aromatic hydroxyl groups is 1. The van der Waals surface area contributed by atoms with Gasteiger partial charge in [-0.15, -0.1) is 0 Å². The lowest BCUT2D eigenvalue weighted by Gasteiger charge is -2.09. The Hall–Kier alpha value is -1.98. The van der Waals surface area contributed by atoms with Gasteiger partial charge in [-0.25, -0.2) is 4.79 Å². The van der Waals surface area contributed by atoms with Crippen LogP contribution in [0.2, 0.25) is 0 Å². The van der Waals surface area contributed by atoms with Crippen LogP contribution in [0.3, 0.4) is 0 Å². The molecule has 3 nitrogen and oxygen atoms in total. The van der Waals surface area contributed by atoms with Gasteiger partial charge in [-0.3, -0.25) is 0 Å². The maximum absolute atomic E-state index is 12.6. The fourth-order valence-corrected chi connectivity index (χ4v) is 1.47. The molecule has 0 amide bonds.